The lowest BCUT2D eigenvalue weighted by molar-refractivity contribution is 0.0851. The number of nitrogens with one attached hydrogen (secondary N) is 1. The molecule has 1 fully saturated rings. The van der Waals surface area contributed by atoms with Crippen molar-refractivity contribution in [3.05, 3.63) is 77.5 Å². The molecule has 28 heavy (non-hydrogen) atoms. The summed E-state index contributed by atoms with van der Waals surface area (Å²) in [6, 6.07) is 18.5. The van der Waals surface area contributed by atoms with Gasteiger partial charge in [-0.25, -0.2) is 0 Å². The summed E-state index contributed by atoms with van der Waals surface area (Å²) in [4.78, 5) is 17.8. The molecule has 0 saturated heterocycles. The standard InChI is InChI=1S/C25H28N2O/c1-18-12-14-25(15-13-18,16-20-8-4-3-5-9-20)27-24(28)22-17-26-23-11-7-6-10-21(23)19(22)2/h3-11,17-18H,12-16H2,1-2H3,(H,27,28). The van der Waals surface area contributed by atoms with Crippen LogP contribution in [0.3, 0.4) is 0 Å². The highest BCUT2D eigenvalue weighted by Gasteiger charge is 2.36. The molecular formula is C25H28N2O. The number of hydrogen-bond acceptors (Lipinski definition) is 2. The summed E-state index contributed by atoms with van der Waals surface area (Å²) in [5.74, 6) is 0.728. The second kappa shape index (κ2) is 7.75. The molecule has 1 amide bonds. The number of carbonyl (C=O) groups excluding carboxylic acids is 1. The lowest BCUT2D eigenvalue weighted by Gasteiger charge is -2.40. The molecule has 1 aliphatic carbocycles. The van der Waals surface area contributed by atoms with Crippen molar-refractivity contribution >= 4 is 16.8 Å². The van der Waals surface area contributed by atoms with E-state index in [4.69, 9.17) is 0 Å². The van der Waals surface area contributed by atoms with Crippen LogP contribution in [0.2, 0.25) is 0 Å². The van der Waals surface area contributed by atoms with E-state index in [0.717, 1.165) is 54.5 Å². The molecule has 0 atom stereocenters. The van der Waals surface area contributed by atoms with E-state index in [1.807, 2.05) is 37.3 Å². The van der Waals surface area contributed by atoms with E-state index in [1.165, 1.54) is 5.56 Å². The summed E-state index contributed by atoms with van der Waals surface area (Å²) < 4.78 is 0. The smallest absolute Gasteiger partial charge is 0.253 e. The van der Waals surface area contributed by atoms with Crippen LogP contribution in [0.4, 0.5) is 0 Å². The molecule has 3 aromatic rings. The van der Waals surface area contributed by atoms with E-state index in [1.54, 1.807) is 6.20 Å². The van der Waals surface area contributed by atoms with Crippen LogP contribution in [0.15, 0.2) is 60.8 Å². The summed E-state index contributed by atoms with van der Waals surface area (Å²) in [5, 5.41) is 4.49. The molecule has 1 aromatic heterocycles. The minimum Gasteiger partial charge on any atom is -0.346 e. The molecule has 0 aliphatic heterocycles. The maximum absolute atomic E-state index is 13.3. The van der Waals surface area contributed by atoms with Gasteiger partial charge >= 0.3 is 0 Å². The third-order valence-corrected chi connectivity index (χ3v) is 6.28. The van der Waals surface area contributed by atoms with Crippen molar-refractivity contribution in [1.82, 2.24) is 10.3 Å². The number of hydrogen-bond donors (Lipinski definition) is 1. The first-order valence-corrected chi connectivity index (χ1v) is 10.3. The van der Waals surface area contributed by atoms with Crippen LogP contribution < -0.4 is 5.32 Å². The number of aromatic nitrogens is 1. The Bertz CT molecular complexity index is 972. The molecular weight excluding hydrogens is 344 g/mol. The highest BCUT2D eigenvalue weighted by atomic mass is 16.1. The fraction of sp³-hybridized carbons (Fsp3) is 0.360. The largest absolute Gasteiger partial charge is 0.346 e. The molecule has 1 saturated carbocycles. The summed E-state index contributed by atoms with van der Waals surface area (Å²) in [6.07, 6.45) is 6.97. The van der Waals surface area contributed by atoms with Gasteiger partial charge in [0.25, 0.3) is 5.91 Å². The van der Waals surface area contributed by atoms with Gasteiger partial charge in [0.15, 0.2) is 0 Å². The summed E-state index contributed by atoms with van der Waals surface area (Å²) in [5.41, 5.74) is 3.72. The maximum Gasteiger partial charge on any atom is 0.253 e. The van der Waals surface area contributed by atoms with Gasteiger partial charge in [-0.3, -0.25) is 9.78 Å². The zero-order valence-corrected chi connectivity index (χ0v) is 16.7. The first-order chi connectivity index (χ1) is 13.6. The van der Waals surface area contributed by atoms with E-state index >= 15 is 0 Å². The third-order valence-electron chi connectivity index (χ3n) is 6.28. The second-order valence-corrected chi connectivity index (χ2v) is 8.39. The number of para-hydroxylation sites is 1. The zero-order valence-electron chi connectivity index (χ0n) is 16.7. The highest BCUT2D eigenvalue weighted by Crippen LogP contribution is 2.35. The summed E-state index contributed by atoms with van der Waals surface area (Å²) >= 11 is 0. The van der Waals surface area contributed by atoms with Gasteiger partial charge in [0.1, 0.15) is 0 Å². The molecule has 0 unspecified atom stereocenters. The predicted octanol–water partition coefficient (Wildman–Crippen LogP) is 5.46. The lowest BCUT2D eigenvalue weighted by atomic mass is 9.73. The first kappa shape index (κ1) is 18.7. The molecule has 144 valence electrons. The second-order valence-electron chi connectivity index (χ2n) is 8.39. The van der Waals surface area contributed by atoms with Gasteiger partial charge in [-0.2, -0.15) is 0 Å². The van der Waals surface area contributed by atoms with Crippen LogP contribution in [-0.4, -0.2) is 16.4 Å². The number of aryl methyl sites for hydroxylation is 1. The Morgan fingerprint density at radius 2 is 1.75 bits per heavy atom. The topological polar surface area (TPSA) is 42.0 Å². The third kappa shape index (κ3) is 3.80. The fourth-order valence-electron chi connectivity index (χ4n) is 4.46. The van der Waals surface area contributed by atoms with E-state index in [9.17, 15) is 4.79 Å². The molecule has 3 nitrogen and oxygen atoms in total. The Morgan fingerprint density at radius 3 is 2.50 bits per heavy atom. The fourth-order valence-corrected chi connectivity index (χ4v) is 4.46. The van der Waals surface area contributed by atoms with E-state index < -0.39 is 0 Å². The van der Waals surface area contributed by atoms with Crippen LogP contribution in [0, 0.1) is 12.8 Å². The molecule has 3 heteroatoms. The summed E-state index contributed by atoms with van der Waals surface area (Å²) in [7, 11) is 0. The quantitative estimate of drug-likeness (QED) is 0.660. The number of carbonyl (C=O) groups is 1. The molecule has 1 aliphatic rings. The van der Waals surface area contributed by atoms with Gasteiger partial charge in [0, 0.05) is 17.1 Å². The van der Waals surface area contributed by atoms with Crippen molar-refractivity contribution in [3.8, 4) is 0 Å². The number of pyridine rings is 1. The molecule has 1 N–H and O–H groups in total. The zero-order chi connectivity index (χ0) is 19.6. The summed E-state index contributed by atoms with van der Waals surface area (Å²) in [6.45, 7) is 4.33. The van der Waals surface area contributed by atoms with Crippen molar-refractivity contribution in [2.45, 2.75) is 51.5 Å². The predicted molar refractivity (Wildman–Crippen MR) is 114 cm³/mol. The molecule has 2 aromatic carbocycles. The van der Waals surface area contributed by atoms with E-state index in [-0.39, 0.29) is 11.4 Å². The normalized spacial score (nSPS) is 22.1. The van der Waals surface area contributed by atoms with Gasteiger partial charge in [-0.05, 0) is 62.1 Å². The Kier molecular flexibility index (Phi) is 5.17. The van der Waals surface area contributed by atoms with Crippen LogP contribution in [0.25, 0.3) is 10.9 Å². The lowest BCUT2D eigenvalue weighted by Crippen LogP contribution is -2.52. The molecule has 0 radical (unpaired) electrons. The van der Waals surface area contributed by atoms with E-state index in [0.29, 0.717) is 5.56 Å². The van der Waals surface area contributed by atoms with Crippen molar-refractivity contribution in [2.24, 2.45) is 5.92 Å². The van der Waals surface area contributed by atoms with Crippen LogP contribution >= 0.6 is 0 Å². The van der Waals surface area contributed by atoms with Crippen molar-refractivity contribution in [3.63, 3.8) is 0 Å². The minimum absolute atomic E-state index is 0.00115. The van der Waals surface area contributed by atoms with Gasteiger partial charge in [0.2, 0.25) is 0 Å². The van der Waals surface area contributed by atoms with E-state index in [2.05, 4.69) is 41.5 Å². The molecule has 0 spiro atoms. The van der Waals surface area contributed by atoms with Crippen LogP contribution in [0.1, 0.15) is 54.1 Å². The Balaban J connectivity index is 1.63. The monoisotopic (exact) mass is 372 g/mol. The number of rotatable bonds is 4. The Labute approximate surface area is 167 Å². The van der Waals surface area contributed by atoms with Gasteiger partial charge in [-0.1, -0.05) is 55.5 Å². The number of nitrogens with zero attached hydrogens (tertiary/aromatic N) is 1. The van der Waals surface area contributed by atoms with Crippen molar-refractivity contribution in [1.29, 1.82) is 0 Å². The number of benzene rings is 2. The van der Waals surface area contributed by atoms with Crippen LogP contribution in [-0.2, 0) is 6.42 Å². The molecule has 1 heterocycles. The molecule has 0 bridgehead atoms. The van der Waals surface area contributed by atoms with Gasteiger partial charge in [0.05, 0.1) is 11.1 Å². The average Bonchev–Trinajstić information content (AvgIpc) is 2.71. The van der Waals surface area contributed by atoms with Crippen LogP contribution in [0.5, 0.6) is 0 Å². The number of fused-ring (bicyclic) bond motifs is 1. The first-order valence-electron chi connectivity index (χ1n) is 10.3. The SMILES string of the molecule is Cc1c(C(=O)NC2(Cc3ccccc3)CCC(C)CC2)cnc2ccccc12. The van der Waals surface area contributed by atoms with Crippen molar-refractivity contribution in [2.75, 3.05) is 0 Å². The van der Waals surface area contributed by atoms with Crippen molar-refractivity contribution < 1.29 is 4.79 Å². The maximum atomic E-state index is 13.3. The molecule has 4 rings (SSSR count). The minimum atomic E-state index is -0.178. The number of amides is 1. The Hall–Kier alpha value is -2.68. The average molecular weight is 373 g/mol. The van der Waals surface area contributed by atoms with Gasteiger partial charge in [-0.15, -0.1) is 0 Å². The van der Waals surface area contributed by atoms with Gasteiger partial charge < -0.3 is 5.32 Å². The Morgan fingerprint density at radius 1 is 1.07 bits per heavy atom. The highest BCUT2D eigenvalue weighted by molar-refractivity contribution is 6.00.